The predicted molar refractivity (Wildman–Crippen MR) is 77.3 cm³/mol. The van der Waals surface area contributed by atoms with Crippen molar-refractivity contribution in [1.29, 1.82) is 0 Å². The second-order valence-electron chi connectivity index (χ2n) is 4.26. The van der Waals surface area contributed by atoms with Crippen LogP contribution in [0.4, 0.5) is 0 Å². The molecule has 0 radical (unpaired) electrons. The van der Waals surface area contributed by atoms with Crippen molar-refractivity contribution in [3.05, 3.63) is 34.6 Å². The summed E-state index contributed by atoms with van der Waals surface area (Å²) in [4.78, 5) is 4.08. The highest BCUT2D eigenvalue weighted by Gasteiger charge is 2.13. The molecule has 1 N–H and O–H groups in total. The van der Waals surface area contributed by atoms with Gasteiger partial charge in [-0.3, -0.25) is 4.68 Å². The molecule has 0 amide bonds. The minimum absolute atomic E-state index is 0.205. The van der Waals surface area contributed by atoms with Crippen molar-refractivity contribution < 1.29 is 4.74 Å². The molecule has 5 nitrogen and oxygen atoms in total. The van der Waals surface area contributed by atoms with Crippen LogP contribution in [0.25, 0.3) is 0 Å². The quantitative estimate of drug-likeness (QED) is 0.918. The molecule has 0 aliphatic heterocycles. The normalized spacial score (nSPS) is 12.4. The van der Waals surface area contributed by atoms with Gasteiger partial charge in [0.1, 0.15) is 12.1 Å². The van der Waals surface area contributed by atoms with Crippen LogP contribution in [-0.2, 0) is 7.05 Å². The minimum atomic E-state index is 0.205. The largest absolute Gasteiger partial charge is 0.423 e. The third-order valence-corrected chi connectivity index (χ3v) is 3.23. The van der Waals surface area contributed by atoms with E-state index in [0.29, 0.717) is 6.01 Å². The zero-order chi connectivity index (χ0) is 13.8. The highest BCUT2D eigenvalue weighted by molar-refractivity contribution is 9.10. The molecule has 1 aromatic carbocycles. The van der Waals surface area contributed by atoms with E-state index >= 15 is 0 Å². The molecule has 0 spiro atoms. The molecule has 1 unspecified atom stereocenters. The maximum Gasteiger partial charge on any atom is 0.340 e. The summed E-state index contributed by atoms with van der Waals surface area (Å²) in [6, 6.07) is 6.53. The number of ether oxygens (including phenoxy) is 1. The van der Waals surface area contributed by atoms with E-state index in [9.17, 15) is 0 Å². The smallest absolute Gasteiger partial charge is 0.340 e. The second kappa shape index (κ2) is 6.16. The summed E-state index contributed by atoms with van der Waals surface area (Å²) in [5.41, 5.74) is 1.08. The van der Waals surface area contributed by atoms with Crippen molar-refractivity contribution in [2.45, 2.75) is 19.9 Å². The number of rotatable bonds is 5. The van der Waals surface area contributed by atoms with Gasteiger partial charge in [-0.05, 0) is 25.6 Å². The Hall–Kier alpha value is -1.40. The fraction of sp³-hybridized carbons (Fsp3) is 0.385. The van der Waals surface area contributed by atoms with Gasteiger partial charge in [0, 0.05) is 23.1 Å². The van der Waals surface area contributed by atoms with E-state index in [4.69, 9.17) is 4.74 Å². The van der Waals surface area contributed by atoms with Gasteiger partial charge in [-0.2, -0.15) is 4.98 Å². The first-order valence-electron chi connectivity index (χ1n) is 6.16. The molecule has 2 aromatic rings. The molecular formula is C13H17BrN4O. The van der Waals surface area contributed by atoms with Crippen molar-refractivity contribution in [2.24, 2.45) is 7.05 Å². The van der Waals surface area contributed by atoms with Crippen molar-refractivity contribution in [2.75, 3.05) is 6.54 Å². The summed E-state index contributed by atoms with van der Waals surface area (Å²) in [5.74, 6) is 0.758. The SMILES string of the molecule is CCNC(C)c1ccc(Br)cc1Oc1ncn(C)n1. The molecule has 0 fully saturated rings. The highest BCUT2D eigenvalue weighted by Crippen LogP contribution is 2.31. The van der Waals surface area contributed by atoms with E-state index in [2.05, 4.69) is 45.2 Å². The van der Waals surface area contributed by atoms with Crippen LogP contribution in [0.2, 0.25) is 0 Å². The number of hydrogen-bond donors (Lipinski definition) is 1. The molecule has 0 bridgehead atoms. The summed E-state index contributed by atoms with van der Waals surface area (Å²) in [5, 5.41) is 7.50. The Balaban J connectivity index is 2.29. The number of benzene rings is 1. The molecular weight excluding hydrogens is 308 g/mol. The lowest BCUT2D eigenvalue weighted by molar-refractivity contribution is 0.425. The number of aromatic nitrogens is 3. The van der Waals surface area contributed by atoms with Gasteiger partial charge in [0.15, 0.2) is 0 Å². The second-order valence-corrected chi connectivity index (χ2v) is 5.18. The van der Waals surface area contributed by atoms with Crippen molar-refractivity contribution >= 4 is 15.9 Å². The molecule has 0 aliphatic rings. The van der Waals surface area contributed by atoms with Crippen LogP contribution in [0, 0.1) is 0 Å². The molecule has 2 rings (SSSR count). The number of halogens is 1. The standard InChI is InChI=1S/C13H17BrN4O/c1-4-15-9(2)11-6-5-10(14)7-12(11)19-13-16-8-18(3)17-13/h5-9,15H,4H2,1-3H3. The van der Waals surface area contributed by atoms with E-state index < -0.39 is 0 Å². The Labute approximate surface area is 121 Å². The van der Waals surface area contributed by atoms with Gasteiger partial charge in [-0.25, -0.2) is 0 Å². The summed E-state index contributed by atoms with van der Waals surface area (Å²) < 4.78 is 8.34. The van der Waals surface area contributed by atoms with Crippen LogP contribution in [0.5, 0.6) is 11.8 Å². The Morgan fingerprint density at radius 2 is 2.26 bits per heavy atom. The number of aryl methyl sites for hydroxylation is 1. The van der Waals surface area contributed by atoms with Crippen LogP contribution < -0.4 is 10.1 Å². The minimum Gasteiger partial charge on any atom is -0.423 e. The van der Waals surface area contributed by atoms with E-state index in [1.54, 1.807) is 11.0 Å². The van der Waals surface area contributed by atoms with E-state index in [0.717, 1.165) is 22.3 Å². The van der Waals surface area contributed by atoms with Crippen molar-refractivity contribution in [3.8, 4) is 11.8 Å². The van der Waals surface area contributed by atoms with Crippen molar-refractivity contribution in [3.63, 3.8) is 0 Å². The van der Waals surface area contributed by atoms with Crippen LogP contribution in [0.15, 0.2) is 29.0 Å². The number of hydrogen-bond acceptors (Lipinski definition) is 4. The van der Waals surface area contributed by atoms with Gasteiger partial charge >= 0.3 is 6.01 Å². The third kappa shape index (κ3) is 3.54. The summed E-state index contributed by atoms with van der Waals surface area (Å²) >= 11 is 3.46. The van der Waals surface area contributed by atoms with Gasteiger partial charge in [-0.15, -0.1) is 5.10 Å². The lowest BCUT2D eigenvalue weighted by atomic mass is 10.1. The zero-order valence-electron chi connectivity index (χ0n) is 11.2. The Morgan fingerprint density at radius 1 is 1.47 bits per heavy atom. The maximum absolute atomic E-state index is 5.77. The predicted octanol–water partition coefficient (Wildman–Crippen LogP) is 3.04. The maximum atomic E-state index is 5.77. The Bertz CT molecular complexity index is 555. The zero-order valence-corrected chi connectivity index (χ0v) is 12.8. The summed E-state index contributed by atoms with van der Waals surface area (Å²) in [7, 11) is 1.81. The van der Waals surface area contributed by atoms with E-state index in [-0.39, 0.29) is 6.04 Å². The fourth-order valence-corrected chi connectivity index (χ4v) is 2.18. The first kappa shape index (κ1) is 14.0. The topological polar surface area (TPSA) is 52.0 Å². The van der Waals surface area contributed by atoms with Gasteiger partial charge < -0.3 is 10.1 Å². The number of nitrogens with one attached hydrogen (secondary N) is 1. The Kier molecular flexibility index (Phi) is 4.55. The first-order chi connectivity index (χ1) is 9.10. The van der Waals surface area contributed by atoms with Crippen LogP contribution in [-0.4, -0.2) is 21.3 Å². The average molecular weight is 325 g/mol. The monoisotopic (exact) mass is 324 g/mol. The van der Waals surface area contributed by atoms with Crippen molar-refractivity contribution in [1.82, 2.24) is 20.1 Å². The van der Waals surface area contributed by atoms with Gasteiger partial charge in [0.2, 0.25) is 0 Å². The van der Waals surface area contributed by atoms with Gasteiger partial charge in [-0.1, -0.05) is 28.9 Å². The van der Waals surface area contributed by atoms with E-state index in [1.165, 1.54) is 0 Å². The highest BCUT2D eigenvalue weighted by atomic mass is 79.9. The lowest BCUT2D eigenvalue weighted by Crippen LogP contribution is -2.18. The lowest BCUT2D eigenvalue weighted by Gasteiger charge is -2.16. The molecule has 0 saturated heterocycles. The molecule has 0 saturated carbocycles. The molecule has 6 heteroatoms. The average Bonchev–Trinajstić information content (AvgIpc) is 2.75. The molecule has 1 aromatic heterocycles. The summed E-state index contributed by atoms with van der Waals surface area (Å²) in [6.45, 7) is 5.08. The first-order valence-corrected chi connectivity index (χ1v) is 6.95. The molecule has 1 heterocycles. The van der Waals surface area contributed by atoms with Gasteiger partial charge in [0.25, 0.3) is 0 Å². The third-order valence-electron chi connectivity index (χ3n) is 2.73. The molecule has 1 atom stereocenters. The molecule has 102 valence electrons. The molecule has 19 heavy (non-hydrogen) atoms. The van der Waals surface area contributed by atoms with Gasteiger partial charge in [0.05, 0.1) is 0 Å². The molecule has 0 aliphatic carbocycles. The van der Waals surface area contributed by atoms with Crippen LogP contribution in [0.1, 0.15) is 25.5 Å². The Morgan fingerprint density at radius 3 is 2.89 bits per heavy atom. The fourth-order valence-electron chi connectivity index (χ4n) is 1.84. The van der Waals surface area contributed by atoms with Crippen LogP contribution in [0.3, 0.4) is 0 Å². The summed E-state index contributed by atoms with van der Waals surface area (Å²) in [6.07, 6.45) is 1.61. The number of nitrogens with zero attached hydrogens (tertiary/aromatic N) is 3. The van der Waals surface area contributed by atoms with E-state index in [1.807, 2.05) is 25.2 Å². The van der Waals surface area contributed by atoms with Crippen LogP contribution >= 0.6 is 15.9 Å².